The summed E-state index contributed by atoms with van der Waals surface area (Å²) in [7, 11) is 0. The number of unbranched alkanes of at least 4 members (excludes halogenated alkanes) is 1. The smallest absolute Gasteiger partial charge is 0.257 e. The third kappa shape index (κ3) is 3.96. The van der Waals surface area contributed by atoms with E-state index < -0.39 is 0 Å². The van der Waals surface area contributed by atoms with Gasteiger partial charge in [-0.25, -0.2) is 0 Å². The lowest BCUT2D eigenvalue weighted by Crippen LogP contribution is -2.26. The molecule has 1 amide bonds. The number of nitrogens with one attached hydrogen (secondary N) is 1. The summed E-state index contributed by atoms with van der Waals surface area (Å²) in [5.74, 6) is 0.791. The van der Waals surface area contributed by atoms with Crippen LogP contribution in [0.5, 0.6) is 0 Å². The first-order valence-corrected chi connectivity index (χ1v) is 8.05. The normalized spacial score (nSPS) is 13.6. The summed E-state index contributed by atoms with van der Waals surface area (Å²) in [6.45, 7) is 4.17. The standard InChI is InChI=1S/C17H21N3O3/c1-2-3-7-18-16(21)10-15-19-17(23-20-15)13-4-5-14-11-22-8-6-12(14)9-13/h4-5,9H,2-3,6-8,10-11H2,1H3,(H,18,21). The number of fused-ring (bicyclic) bond motifs is 1. The molecular weight excluding hydrogens is 294 g/mol. The molecule has 6 heteroatoms. The number of hydrogen-bond donors (Lipinski definition) is 1. The van der Waals surface area contributed by atoms with E-state index in [2.05, 4.69) is 28.4 Å². The van der Waals surface area contributed by atoms with Crippen molar-refractivity contribution in [3.05, 3.63) is 35.2 Å². The van der Waals surface area contributed by atoms with Gasteiger partial charge in [0.25, 0.3) is 5.89 Å². The molecule has 3 rings (SSSR count). The van der Waals surface area contributed by atoms with Gasteiger partial charge in [0, 0.05) is 12.1 Å². The maximum absolute atomic E-state index is 11.8. The Hall–Kier alpha value is -2.21. The number of amides is 1. The number of hydrogen-bond acceptors (Lipinski definition) is 5. The molecule has 1 N–H and O–H groups in total. The minimum atomic E-state index is -0.0756. The Morgan fingerprint density at radius 3 is 3.13 bits per heavy atom. The van der Waals surface area contributed by atoms with Crippen molar-refractivity contribution in [1.82, 2.24) is 15.5 Å². The maximum Gasteiger partial charge on any atom is 0.257 e. The predicted molar refractivity (Wildman–Crippen MR) is 84.7 cm³/mol. The largest absolute Gasteiger partial charge is 0.376 e. The van der Waals surface area contributed by atoms with E-state index >= 15 is 0 Å². The van der Waals surface area contributed by atoms with Crippen LogP contribution < -0.4 is 5.32 Å². The van der Waals surface area contributed by atoms with Crippen LogP contribution in [0.25, 0.3) is 11.5 Å². The van der Waals surface area contributed by atoms with Gasteiger partial charge in [0.2, 0.25) is 5.91 Å². The monoisotopic (exact) mass is 315 g/mol. The topological polar surface area (TPSA) is 77.2 Å². The van der Waals surface area contributed by atoms with E-state index in [1.807, 2.05) is 12.1 Å². The molecule has 23 heavy (non-hydrogen) atoms. The highest BCUT2D eigenvalue weighted by Crippen LogP contribution is 2.24. The SMILES string of the molecule is CCCCNC(=O)Cc1noc(-c2ccc3c(c2)CCOC3)n1. The zero-order valence-corrected chi connectivity index (χ0v) is 13.3. The van der Waals surface area contributed by atoms with E-state index in [9.17, 15) is 4.79 Å². The molecule has 0 spiro atoms. The maximum atomic E-state index is 11.8. The minimum absolute atomic E-state index is 0.0756. The number of nitrogens with zero attached hydrogens (tertiary/aromatic N) is 2. The summed E-state index contributed by atoms with van der Waals surface area (Å²) in [5, 5.41) is 6.75. The Morgan fingerprint density at radius 1 is 1.35 bits per heavy atom. The number of benzene rings is 1. The number of carbonyl (C=O) groups is 1. The highest BCUT2D eigenvalue weighted by atomic mass is 16.5. The zero-order valence-electron chi connectivity index (χ0n) is 13.3. The molecule has 1 aromatic heterocycles. The second kappa shape index (κ2) is 7.37. The van der Waals surface area contributed by atoms with E-state index in [-0.39, 0.29) is 12.3 Å². The summed E-state index contributed by atoms with van der Waals surface area (Å²) in [5.41, 5.74) is 3.34. The number of aromatic nitrogens is 2. The van der Waals surface area contributed by atoms with Crippen LogP contribution in [-0.2, 0) is 29.0 Å². The first kappa shape index (κ1) is 15.7. The second-order valence-electron chi connectivity index (χ2n) is 5.68. The van der Waals surface area contributed by atoms with Gasteiger partial charge in [-0.2, -0.15) is 4.98 Å². The van der Waals surface area contributed by atoms with E-state index in [0.29, 0.717) is 24.9 Å². The quantitative estimate of drug-likeness (QED) is 0.827. The minimum Gasteiger partial charge on any atom is -0.376 e. The molecule has 0 unspecified atom stereocenters. The van der Waals surface area contributed by atoms with Gasteiger partial charge < -0.3 is 14.6 Å². The number of ether oxygens (including phenoxy) is 1. The van der Waals surface area contributed by atoms with Crippen LogP contribution >= 0.6 is 0 Å². The fourth-order valence-corrected chi connectivity index (χ4v) is 2.55. The predicted octanol–water partition coefficient (Wildman–Crippen LogP) is 2.27. The Balaban J connectivity index is 1.66. The van der Waals surface area contributed by atoms with Crippen molar-refractivity contribution in [2.24, 2.45) is 0 Å². The van der Waals surface area contributed by atoms with Gasteiger partial charge in [-0.15, -0.1) is 0 Å². The molecule has 0 saturated carbocycles. The summed E-state index contributed by atoms with van der Waals surface area (Å²) >= 11 is 0. The summed E-state index contributed by atoms with van der Waals surface area (Å²) < 4.78 is 10.7. The van der Waals surface area contributed by atoms with Crippen LogP contribution in [0.2, 0.25) is 0 Å². The fraction of sp³-hybridized carbons (Fsp3) is 0.471. The molecule has 1 aromatic carbocycles. The van der Waals surface area contributed by atoms with E-state index in [4.69, 9.17) is 9.26 Å². The average Bonchev–Trinajstić information content (AvgIpc) is 3.03. The molecule has 2 aromatic rings. The zero-order chi connectivity index (χ0) is 16.1. The van der Waals surface area contributed by atoms with Crippen molar-refractivity contribution in [2.45, 2.75) is 39.2 Å². The molecular formula is C17H21N3O3. The van der Waals surface area contributed by atoms with Crippen LogP contribution in [0.3, 0.4) is 0 Å². The third-order valence-corrected chi connectivity index (χ3v) is 3.87. The van der Waals surface area contributed by atoms with Crippen LogP contribution in [0.15, 0.2) is 22.7 Å². The molecule has 122 valence electrons. The molecule has 0 radical (unpaired) electrons. The Bertz CT molecular complexity index is 681. The van der Waals surface area contributed by atoms with Crippen LogP contribution in [0, 0.1) is 0 Å². The van der Waals surface area contributed by atoms with Crippen molar-refractivity contribution >= 4 is 5.91 Å². The Labute approximate surface area is 135 Å². The van der Waals surface area contributed by atoms with Gasteiger partial charge >= 0.3 is 0 Å². The summed E-state index contributed by atoms with van der Waals surface area (Å²) in [6, 6.07) is 6.05. The first-order chi connectivity index (χ1) is 11.3. The lowest BCUT2D eigenvalue weighted by Gasteiger charge is -2.16. The van der Waals surface area contributed by atoms with E-state index in [1.54, 1.807) is 0 Å². The van der Waals surface area contributed by atoms with Crippen LogP contribution in [0.4, 0.5) is 0 Å². The molecule has 1 aliphatic rings. The van der Waals surface area contributed by atoms with Crippen molar-refractivity contribution < 1.29 is 14.1 Å². The molecule has 0 fully saturated rings. The van der Waals surface area contributed by atoms with Crippen molar-refractivity contribution in [3.63, 3.8) is 0 Å². The van der Waals surface area contributed by atoms with E-state index in [1.165, 1.54) is 11.1 Å². The van der Waals surface area contributed by atoms with Crippen molar-refractivity contribution in [1.29, 1.82) is 0 Å². The molecule has 0 atom stereocenters. The Morgan fingerprint density at radius 2 is 2.26 bits per heavy atom. The number of carbonyl (C=O) groups excluding carboxylic acids is 1. The van der Waals surface area contributed by atoms with Gasteiger partial charge in [0.1, 0.15) is 0 Å². The van der Waals surface area contributed by atoms with Gasteiger partial charge in [0.05, 0.1) is 19.6 Å². The van der Waals surface area contributed by atoms with Crippen LogP contribution in [-0.4, -0.2) is 29.2 Å². The van der Waals surface area contributed by atoms with Crippen molar-refractivity contribution in [2.75, 3.05) is 13.2 Å². The lowest BCUT2D eigenvalue weighted by atomic mass is 10.0. The third-order valence-electron chi connectivity index (χ3n) is 3.87. The average molecular weight is 315 g/mol. The molecule has 0 bridgehead atoms. The van der Waals surface area contributed by atoms with Gasteiger partial charge in [-0.3, -0.25) is 4.79 Å². The summed E-state index contributed by atoms with van der Waals surface area (Å²) in [4.78, 5) is 16.1. The molecule has 0 saturated heterocycles. The highest BCUT2D eigenvalue weighted by Gasteiger charge is 2.15. The van der Waals surface area contributed by atoms with Gasteiger partial charge in [-0.05, 0) is 36.1 Å². The van der Waals surface area contributed by atoms with Gasteiger partial charge in [-0.1, -0.05) is 24.6 Å². The molecule has 6 nitrogen and oxygen atoms in total. The molecule has 1 aliphatic heterocycles. The lowest BCUT2D eigenvalue weighted by molar-refractivity contribution is -0.120. The second-order valence-corrected chi connectivity index (χ2v) is 5.68. The molecule has 2 heterocycles. The van der Waals surface area contributed by atoms with Crippen LogP contribution in [0.1, 0.15) is 36.7 Å². The first-order valence-electron chi connectivity index (χ1n) is 8.05. The summed E-state index contributed by atoms with van der Waals surface area (Å²) in [6.07, 6.45) is 3.06. The fourth-order valence-electron chi connectivity index (χ4n) is 2.55. The van der Waals surface area contributed by atoms with Crippen molar-refractivity contribution in [3.8, 4) is 11.5 Å². The van der Waals surface area contributed by atoms with Gasteiger partial charge in [0.15, 0.2) is 5.82 Å². The number of rotatable bonds is 6. The Kier molecular flexibility index (Phi) is 5.02. The van der Waals surface area contributed by atoms with E-state index in [0.717, 1.165) is 31.4 Å². The highest BCUT2D eigenvalue weighted by molar-refractivity contribution is 5.77. The molecule has 0 aliphatic carbocycles.